The molecular weight excluding hydrogens is 464 g/mol. The summed E-state index contributed by atoms with van der Waals surface area (Å²) in [5.74, 6) is 0.761. The van der Waals surface area contributed by atoms with E-state index in [4.69, 9.17) is 27.9 Å². The molecule has 0 amide bonds. The molecule has 0 N–H and O–H groups in total. The zero-order valence-electron chi connectivity index (χ0n) is 9.93. The van der Waals surface area contributed by atoms with Crippen molar-refractivity contribution in [1.29, 1.82) is 0 Å². The topological polar surface area (TPSA) is 22.1 Å². The molecule has 6 heteroatoms. The van der Waals surface area contributed by atoms with Gasteiger partial charge in [0.15, 0.2) is 5.75 Å². The van der Waals surface area contributed by atoms with Crippen LogP contribution in [-0.4, -0.2) is 16.9 Å². The van der Waals surface area contributed by atoms with Crippen LogP contribution in [0.5, 0.6) is 5.75 Å². The molecule has 0 bridgehead atoms. The van der Waals surface area contributed by atoms with Crippen molar-refractivity contribution in [2.45, 2.75) is 12.8 Å². The fourth-order valence-corrected chi connectivity index (χ4v) is 3.39. The number of alkyl halides is 1. The molecule has 1 aromatic carbocycles. The average Bonchev–Trinajstić information content (AvgIpc) is 2.37. The van der Waals surface area contributed by atoms with Crippen molar-refractivity contribution in [3.63, 3.8) is 0 Å². The fraction of sp³-hybridized carbons (Fsp3) is 0.308. The van der Waals surface area contributed by atoms with Crippen LogP contribution in [-0.2, 0) is 0 Å². The Morgan fingerprint density at radius 2 is 2.05 bits per heavy atom. The summed E-state index contributed by atoms with van der Waals surface area (Å²) < 4.78 is 6.80. The van der Waals surface area contributed by atoms with Gasteiger partial charge in [0.05, 0.1) is 15.2 Å². The second-order valence-electron chi connectivity index (χ2n) is 3.94. The van der Waals surface area contributed by atoms with Crippen molar-refractivity contribution in [2.24, 2.45) is 0 Å². The summed E-state index contributed by atoms with van der Waals surface area (Å²) in [5, 5.41) is 2.95. The van der Waals surface area contributed by atoms with E-state index in [0.29, 0.717) is 16.8 Å². The lowest BCUT2D eigenvalue weighted by atomic mass is 10.2. The smallest absolute Gasteiger partial charge is 0.158 e. The number of benzene rings is 1. The van der Waals surface area contributed by atoms with Gasteiger partial charge in [-0.1, -0.05) is 39.1 Å². The van der Waals surface area contributed by atoms with Gasteiger partial charge < -0.3 is 4.74 Å². The fourth-order valence-electron chi connectivity index (χ4n) is 1.68. The minimum absolute atomic E-state index is 0.441. The molecule has 1 aromatic heterocycles. The normalized spacial score (nSPS) is 10.9. The highest BCUT2D eigenvalue weighted by Gasteiger charge is 2.13. The molecule has 0 spiro atoms. The molecule has 0 radical (unpaired) electrons. The number of hydrogen-bond acceptors (Lipinski definition) is 2. The first-order valence-corrected chi connectivity index (χ1v) is 8.72. The van der Waals surface area contributed by atoms with E-state index < -0.39 is 0 Å². The first-order valence-electron chi connectivity index (χ1n) is 5.76. The van der Waals surface area contributed by atoms with Crippen molar-refractivity contribution in [3.8, 4) is 5.75 Å². The monoisotopic (exact) mass is 473 g/mol. The maximum Gasteiger partial charge on any atom is 0.158 e. The molecule has 0 saturated heterocycles. The third-order valence-corrected chi connectivity index (χ3v) is 4.46. The number of hydrogen-bond donors (Lipinski definition) is 0. The summed E-state index contributed by atoms with van der Waals surface area (Å²) in [4.78, 5) is 4.34. The molecule has 102 valence electrons. The molecule has 0 saturated carbocycles. The summed E-state index contributed by atoms with van der Waals surface area (Å²) in [7, 11) is 0. The third kappa shape index (κ3) is 3.86. The summed E-state index contributed by atoms with van der Waals surface area (Å²) in [5.41, 5.74) is 0.725. The Hall–Kier alpha value is 0.220. The van der Waals surface area contributed by atoms with Gasteiger partial charge in [0.25, 0.3) is 0 Å². The summed E-state index contributed by atoms with van der Waals surface area (Å²) >= 11 is 17.8. The van der Waals surface area contributed by atoms with Crippen LogP contribution in [0.3, 0.4) is 0 Å². The SMILES string of the molecule is Clc1ccc2c(Cl)cc(I)c(OCCCCBr)c2n1. The molecule has 2 aromatic rings. The Morgan fingerprint density at radius 3 is 2.79 bits per heavy atom. The quantitative estimate of drug-likeness (QED) is 0.240. The lowest BCUT2D eigenvalue weighted by Crippen LogP contribution is -2.01. The van der Waals surface area contributed by atoms with Crippen LogP contribution in [0.1, 0.15) is 12.8 Å². The van der Waals surface area contributed by atoms with Crippen LogP contribution in [0.2, 0.25) is 10.2 Å². The van der Waals surface area contributed by atoms with E-state index in [1.807, 2.05) is 12.1 Å². The van der Waals surface area contributed by atoms with Crippen LogP contribution < -0.4 is 4.74 Å². The molecule has 0 fully saturated rings. The molecular formula is C13H11BrCl2INO. The number of unbranched alkanes of at least 4 members (excludes halogenated alkanes) is 1. The van der Waals surface area contributed by atoms with E-state index in [2.05, 4.69) is 43.5 Å². The van der Waals surface area contributed by atoms with Gasteiger partial charge in [-0.05, 0) is 53.6 Å². The van der Waals surface area contributed by atoms with E-state index in [1.54, 1.807) is 6.07 Å². The second-order valence-corrected chi connectivity index (χ2v) is 6.69. The maximum atomic E-state index is 6.22. The first-order chi connectivity index (χ1) is 9.13. The van der Waals surface area contributed by atoms with E-state index in [9.17, 15) is 0 Å². The predicted molar refractivity (Wildman–Crippen MR) is 93.0 cm³/mol. The van der Waals surface area contributed by atoms with Crippen molar-refractivity contribution in [1.82, 2.24) is 4.98 Å². The van der Waals surface area contributed by atoms with Gasteiger partial charge in [0.1, 0.15) is 10.7 Å². The standard InChI is InChI=1S/C13H11BrCl2INO/c14-5-1-2-6-19-13-10(17)7-9(15)8-3-4-11(16)18-12(8)13/h3-4,7H,1-2,5-6H2. The Morgan fingerprint density at radius 1 is 1.26 bits per heavy atom. The van der Waals surface area contributed by atoms with Crippen LogP contribution in [0.15, 0.2) is 18.2 Å². The number of fused-ring (bicyclic) bond motifs is 1. The lowest BCUT2D eigenvalue weighted by Gasteiger charge is -2.12. The summed E-state index contributed by atoms with van der Waals surface area (Å²) in [6.45, 7) is 0.659. The zero-order valence-corrected chi connectivity index (χ0v) is 15.2. The number of pyridine rings is 1. The number of ether oxygens (including phenoxy) is 1. The van der Waals surface area contributed by atoms with Gasteiger partial charge in [-0.2, -0.15) is 0 Å². The number of nitrogens with zero attached hydrogens (tertiary/aromatic N) is 1. The van der Waals surface area contributed by atoms with Crippen LogP contribution in [0.4, 0.5) is 0 Å². The highest BCUT2D eigenvalue weighted by Crippen LogP contribution is 2.35. The van der Waals surface area contributed by atoms with Crippen molar-refractivity contribution in [2.75, 3.05) is 11.9 Å². The highest BCUT2D eigenvalue weighted by molar-refractivity contribution is 14.1. The molecule has 19 heavy (non-hydrogen) atoms. The molecule has 2 rings (SSSR count). The minimum Gasteiger partial charge on any atom is -0.490 e. The van der Waals surface area contributed by atoms with E-state index in [-0.39, 0.29) is 0 Å². The van der Waals surface area contributed by atoms with Gasteiger partial charge in [-0.3, -0.25) is 0 Å². The first kappa shape index (κ1) is 15.6. The second kappa shape index (κ2) is 7.29. The summed E-state index contributed by atoms with van der Waals surface area (Å²) in [6, 6.07) is 5.49. The van der Waals surface area contributed by atoms with Gasteiger partial charge in [-0.15, -0.1) is 0 Å². The van der Waals surface area contributed by atoms with Crippen LogP contribution >= 0.6 is 61.7 Å². The van der Waals surface area contributed by atoms with E-state index in [0.717, 1.165) is 38.4 Å². The van der Waals surface area contributed by atoms with E-state index in [1.165, 1.54) is 0 Å². The average molecular weight is 475 g/mol. The van der Waals surface area contributed by atoms with Crippen LogP contribution in [0, 0.1) is 3.57 Å². The summed E-state index contributed by atoms with van der Waals surface area (Å²) in [6.07, 6.45) is 2.07. The maximum absolute atomic E-state index is 6.22. The lowest BCUT2D eigenvalue weighted by molar-refractivity contribution is 0.311. The molecule has 0 aliphatic heterocycles. The number of aromatic nitrogens is 1. The van der Waals surface area contributed by atoms with Gasteiger partial charge in [0, 0.05) is 10.7 Å². The molecule has 1 heterocycles. The van der Waals surface area contributed by atoms with E-state index >= 15 is 0 Å². The molecule has 0 aliphatic carbocycles. The van der Waals surface area contributed by atoms with Gasteiger partial charge in [0.2, 0.25) is 0 Å². The predicted octanol–water partition coefficient (Wildman–Crippen LogP) is 5.70. The Kier molecular flexibility index (Phi) is 5.99. The molecule has 0 aliphatic rings. The highest BCUT2D eigenvalue weighted by atomic mass is 127. The largest absolute Gasteiger partial charge is 0.490 e. The van der Waals surface area contributed by atoms with Gasteiger partial charge >= 0.3 is 0 Å². The Bertz CT molecular complexity index is 594. The van der Waals surface area contributed by atoms with Crippen molar-refractivity contribution < 1.29 is 4.74 Å². The van der Waals surface area contributed by atoms with Crippen molar-refractivity contribution in [3.05, 3.63) is 31.9 Å². The Labute approximate surface area is 144 Å². The van der Waals surface area contributed by atoms with Crippen molar-refractivity contribution >= 4 is 72.6 Å². The third-order valence-electron chi connectivity index (χ3n) is 2.58. The minimum atomic E-state index is 0.441. The van der Waals surface area contributed by atoms with Crippen LogP contribution in [0.25, 0.3) is 10.9 Å². The van der Waals surface area contributed by atoms with Gasteiger partial charge in [-0.25, -0.2) is 4.98 Å². The number of halogens is 4. The molecule has 0 unspecified atom stereocenters. The Balaban J connectivity index is 2.38. The molecule has 2 nitrogen and oxygen atoms in total. The zero-order chi connectivity index (χ0) is 13.8. The number of rotatable bonds is 5. The molecule has 0 atom stereocenters.